The second-order valence-corrected chi connectivity index (χ2v) is 32.2. The lowest BCUT2D eigenvalue weighted by Crippen LogP contribution is -2.48. The molecular formula is C102H146N4O12. The standard InChI is InChI=1S/C102H146N4O12/c1-5-9-13-17-21-25-29-33-37-41-75-111-91-61-45-57-87-83(91)53-49-65-95(87)115-79-99(107)103-69-71-105(101(109)81-117-97-67-51-55-85-89(97)59-47-63-93(85)113-77-43-39-35-31-27-23-19-15-11-7-3)73-74-106(102(110)82-118-98-68-52-56-86-90(98)60-48-64-94(86)114-78-44-40-36-32-28-24-20-16-12-8-4)72-70-104-100(108)80-116-96-66-50-54-84-88(96)58-46-62-92(84)112-76-42-38-34-30-26-22-18-14-10-6-2/h45-68H,5-44,69-82H2,1-4H3,(H,103,107)(H,104,108). The molecule has 0 aromatic heterocycles. The lowest BCUT2D eigenvalue weighted by atomic mass is 10.1. The predicted octanol–water partition coefficient (Wildman–Crippen LogP) is 25.0. The van der Waals surface area contributed by atoms with Gasteiger partial charge < -0.3 is 58.3 Å². The maximum atomic E-state index is 14.9. The van der Waals surface area contributed by atoms with Crippen LogP contribution in [0.25, 0.3) is 43.1 Å². The quantitative estimate of drug-likeness (QED) is 0.0346. The SMILES string of the molecule is CCCCCCCCCCCCOc1cccc2c(OCC(=O)NCCN(CCN(CCNC(=O)COc3cccc4c(OCCCCCCCCCCCC)cccc34)C(=O)COc3cccc4c(OCCCCCCCCCCCC)cccc34)C(=O)COc3cccc4c(OCCCCCCCCCCCC)cccc34)cccc12. The molecule has 118 heavy (non-hydrogen) atoms. The van der Waals surface area contributed by atoms with Gasteiger partial charge in [0.15, 0.2) is 26.4 Å². The van der Waals surface area contributed by atoms with Gasteiger partial charge in [0.05, 0.1) is 26.4 Å². The molecule has 0 radical (unpaired) electrons. The zero-order valence-corrected chi connectivity index (χ0v) is 72.8. The summed E-state index contributed by atoms with van der Waals surface area (Å²) in [5.41, 5.74) is 0. The molecule has 16 nitrogen and oxygen atoms in total. The number of hydrogen-bond donors (Lipinski definition) is 2. The molecule has 8 aromatic rings. The molecule has 2 N–H and O–H groups in total. The minimum atomic E-state index is -0.375. The van der Waals surface area contributed by atoms with E-state index in [0.29, 0.717) is 49.4 Å². The van der Waals surface area contributed by atoms with E-state index >= 15 is 0 Å². The van der Waals surface area contributed by atoms with Crippen molar-refractivity contribution in [3.63, 3.8) is 0 Å². The lowest BCUT2D eigenvalue weighted by Gasteiger charge is -2.28. The van der Waals surface area contributed by atoms with Gasteiger partial charge in [0.25, 0.3) is 23.6 Å². The Balaban J connectivity index is 0.934. The van der Waals surface area contributed by atoms with E-state index in [1.54, 1.807) is 9.80 Å². The van der Waals surface area contributed by atoms with E-state index in [0.717, 1.165) is 117 Å². The summed E-state index contributed by atoms with van der Waals surface area (Å²) in [5, 5.41) is 12.9. The fourth-order valence-corrected chi connectivity index (χ4v) is 15.6. The van der Waals surface area contributed by atoms with Crippen molar-refractivity contribution in [2.75, 3.05) is 92.1 Å². The first-order valence-corrected chi connectivity index (χ1v) is 46.4. The number of carbonyl (C=O) groups is 4. The molecule has 0 aliphatic carbocycles. The number of hydrogen-bond acceptors (Lipinski definition) is 12. The van der Waals surface area contributed by atoms with Crippen molar-refractivity contribution >= 4 is 66.7 Å². The van der Waals surface area contributed by atoms with Gasteiger partial charge in [-0.2, -0.15) is 0 Å². The lowest BCUT2D eigenvalue weighted by molar-refractivity contribution is -0.137. The average Bonchev–Trinajstić information content (AvgIpc) is 0.825. The Morgan fingerprint density at radius 3 is 0.602 bits per heavy atom. The van der Waals surface area contributed by atoms with E-state index in [2.05, 4.69) is 38.3 Å². The molecule has 0 aliphatic heterocycles. The second-order valence-electron chi connectivity index (χ2n) is 32.2. The first-order valence-electron chi connectivity index (χ1n) is 46.4. The number of ether oxygens (including phenoxy) is 8. The largest absolute Gasteiger partial charge is 0.493 e. The van der Waals surface area contributed by atoms with Crippen LogP contribution in [0.4, 0.5) is 0 Å². The minimum absolute atomic E-state index is 0.0451. The summed E-state index contributed by atoms with van der Waals surface area (Å²) in [6.07, 6.45) is 49.7. The average molecular weight is 1620 g/mol. The van der Waals surface area contributed by atoms with Gasteiger partial charge in [-0.25, -0.2) is 0 Å². The zero-order valence-electron chi connectivity index (χ0n) is 72.8. The Morgan fingerprint density at radius 1 is 0.220 bits per heavy atom. The third-order valence-corrected chi connectivity index (χ3v) is 22.6. The number of nitrogens with zero attached hydrogens (tertiary/aromatic N) is 2. The van der Waals surface area contributed by atoms with Gasteiger partial charge in [0.1, 0.15) is 46.0 Å². The molecular weight excluding hydrogens is 1470 g/mol. The highest BCUT2D eigenvalue weighted by Gasteiger charge is 2.23. The molecule has 0 heterocycles. The highest BCUT2D eigenvalue weighted by Crippen LogP contribution is 2.37. The van der Waals surface area contributed by atoms with Crippen molar-refractivity contribution in [2.24, 2.45) is 0 Å². The molecule has 0 fully saturated rings. The molecule has 0 bridgehead atoms. The van der Waals surface area contributed by atoms with E-state index < -0.39 is 0 Å². The molecule has 0 unspecified atom stereocenters. The molecule has 8 aromatic carbocycles. The number of benzene rings is 8. The van der Waals surface area contributed by atoms with Crippen molar-refractivity contribution in [1.29, 1.82) is 0 Å². The second kappa shape index (κ2) is 58.9. The summed E-state index contributed by atoms with van der Waals surface area (Å²) in [6, 6.07) is 46.7. The highest BCUT2D eigenvalue weighted by molar-refractivity contribution is 5.96. The van der Waals surface area contributed by atoms with Gasteiger partial charge in [0, 0.05) is 82.4 Å². The molecule has 8 rings (SSSR count). The molecule has 0 aliphatic rings. The summed E-state index contributed by atoms with van der Waals surface area (Å²) in [6.45, 7) is 10.6. The van der Waals surface area contributed by atoms with Gasteiger partial charge >= 0.3 is 0 Å². The van der Waals surface area contributed by atoms with Crippen LogP contribution < -0.4 is 48.5 Å². The first kappa shape index (κ1) is 94.6. The Labute approximate surface area is 708 Å². The van der Waals surface area contributed by atoms with E-state index in [4.69, 9.17) is 37.9 Å². The number of amides is 4. The summed E-state index contributed by atoms with van der Waals surface area (Å²) >= 11 is 0. The molecule has 0 spiro atoms. The van der Waals surface area contributed by atoms with E-state index in [-0.39, 0.29) is 89.3 Å². The van der Waals surface area contributed by atoms with Crippen LogP contribution in [-0.4, -0.2) is 126 Å². The number of carbonyl (C=O) groups excluding carboxylic acids is 4. The van der Waals surface area contributed by atoms with E-state index in [9.17, 15) is 19.2 Å². The Hall–Kier alpha value is -8.92. The predicted molar refractivity (Wildman–Crippen MR) is 486 cm³/mol. The van der Waals surface area contributed by atoms with Crippen LogP contribution in [0, 0.1) is 0 Å². The monoisotopic (exact) mass is 1620 g/mol. The fourth-order valence-electron chi connectivity index (χ4n) is 15.6. The van der Waals surface area contributed by atoms with Gasteiger partial charge in [-0.1, -0.05) is 356 Å². The van der Waals surface area contributed by atoms with Crippen LogP contribution in [0.2, 0.25) is 0 Å². The highest BCUT2D eigenvalue weighted by atomic mass is 16.5. The molecule has 0 saturated carbocycles. The number of fused-ring (bicyclic) bond motifs is 4. The fraction of sp³-hybridized carbons (Fsp3) is 0.569. The first-order chi connectivity index (χ1) is 58.2. The molecule has 0 atom stereocenters. The molecule has 0 saturated heterocycles. The molecule has 646 valence electrons. The maximum Gasteiger partial charge on any atom is 0.260 e. The summed E-state index contributed by atoms with van der Waals surface area (Å²) in [4.78, 5) is 60.7. The van der Waals surface area contributed by atoms with Gasteiger partial charge in [-0.05, 0) is 74.2 Å². The third kappa shape index (κ3) is 35.6. The van der Waals surface area contributed by atoms with Crippen LogP contribution in [0.3, 0.4) is 0 Å². The van der Waals surface area contributed by atoms with E-state index in [1.165, 1.54) is 205 Å². The summed E-state index contributed by atoms with van der Waals surface area (Å²) < 4.78 is 50.9. The van der Waals surface area contributed by atoms with Gasteiger partial charge in [-0.15, -0.1) is 0 Å². The Morgan fingerprint density at radius 2 is 0.398 bits per heavy atom. The maximum absolute atomic E-state index is 14.9. The van der Waals surface area contributed by atoms with Crippen molar-refractivity contribution in [3.05, 3.63) is 146 Å². The van der Waals surface area contributed by atoms with Crippen LogP contribution in [0.5, 0.6) is 46.0 Å². The van der Waals surface area contributed by atoms with Gasteiger partial charge in [-0.3, -0.25) is 19.2 Å². The third-order valence-electron chi connectivity index (χ3n) is 22.6. The van der Waals surface area contributed by atoms with Crippen LogP contribution >= 0.6 is 0 Å². The van der Waals surface area contributed by atoms with Crippen LogP contribution in [0.1, 0.15) is 285 Å². The summed E-state index contributed by atoms with van der Waals surface area (Å²) in [7, 11) is 0. The Bertz CT molecular complexity index is 3850. The number of rotatable bonds is 69. The normalized spacial score (nSPS) is 11.3. The summed E-state index contributed by atoms with van der Waals surface area (Å²) in [5.74, 6) is 3.73. The smallest absolute Gasteiger partial charge is 0.260 e. The van der Waals surface area contributed by atoms with Crippen molar-refractivity contribution in [1.82, 2.24) is 20.4 Å². The zero-order chi connectivity index (χ0) is 82.9. The topological polar surface area (TPSA) is 173 Å². The number of unbranched alkanes of at least 4 members (excludes halogenated alkanes) is 36. The van der Waals surface area contributed by atoms with Crippen molar-refractivity contribution in [2.45, 2.75) is 285 Å². The number of nitrogens with one attached hydrogen (secondary N) is 2. The van der Waals surface area contributed by atoms with E-state index in [1.807, 2.05) is 146 Å². The van der Waals surface area contributed by atoms with Crippen molar-refractivity contribution < 1.29 is 57.1 Å². The molecule has 4 amide bonds. The van der Waals surface area contributed by atoms with Crippen LogP contribution in [-0.2, 0) is 19.2 Å². The van der Waals surface area contributed by atoms with Crippen molar-refractivity contribution in [3.8, 4) is 46.0 Å². The van der Waals surface area contributed by atoms with Crippen LogP contribution in [0.15, 0.2) is 146 Å². The minimum Gasteiger partial charge on any atom is -0.493 e. The Kier molecular flexibility index (Phi) is 47.2. The molecule has 16 heteroatoms. The van der Waals surface area contributed by atoms with Gasteiger partial charge in [0.2, 0.25) is 0 Å².